The number of para-hydroxylation sites is 2. The number of hydrogen-bond donors (Lipinski definition) is 2. The van der Waals surface area contributed by atoms with Gasteiger partial charge in [-0.2, -0.15) is 0 Å². The summed E-state index contributed by atoms with van der Waals surface area (Å²) in [6.45, 7) is 1.52. The molecule has 4 heteroatoms. The molecule has 3 N–H and O–H groups in total. The first-order chi connectivity index (χ1) is 9.49. The van der Waals surface area contributed by atoms with E-state index in [9.17, 15) is 4.79 Å². The summed E-state index contributed by atoms with van der Waals surface area (Å²) in [5, 5.41) is 3.33. The molecule has 0 heterocycles. The van der Waals surface area contributed by atoms with Crippen molar-refractivity contribution in [3.8, 4) is 0 Å². The van der Waals surface area contributed by atoms with Gasteiger partial charge >= 0.3 is 0 Å². The highest BCUT2D eigenvalue weighted by Crippen LogP contribution is 2.28. The summed E-state index contributed by atoms with van der Waals surface area (Å²) < 4.78 is 0. The van der Waals surface area contributed by atoms with Gasteiger partial charge in [0.15, 0.2) is 5.78 Å². The maximum absolute atomic E-state index is 11.5. The summed E-state index contributed by atoms with van der Waals surface area (Å²) in [7, 11) is 3.98. The quantitative estimate of drug-likeness (QED) is 0.660. The third-order valence-electron chi connectivity index (χ3n) is 3.10. The minimum Gasteiger partial charge on any atom is -0.398 e. The van der Waals surface area contributed by atoms with Gasteiger partial charge in [-0.1, -0.05) is 12.1 Å². The fraction of sp³-hybridized carbons (Fsp3) is 0.188. The standard InChI is InChI=1S/C16H19N3O/c1-11(20)13-10-12(8-9-14(13)17)18-15-6-4-5-7-16(15)19(2)3/h4-10,18H,17H2,1-3H3. The molecule has 0 aliphatic rings. The minimum atomic E-state index is -0.0351. The highest BCUT2D eigenvalue weighted by molar-refractivity contribution is 6.00. The molecular weight excluding hydrogens is 250 g/mol. The number of benzene rings is 2. The molecule has 0 saturated heterocycles. The molecule has 0 fully saturated rings. The molecule has 0 spiro atoms. The number of anilines is 4. The van der Waals surface area contributed by atoms with Gasteiger partial charge in [0.05, 0.1) is 11.4 Å². The lowest BCUT2D eigenvalue weighted by Crippen LogP contribution is -2.11. The van der Waals surface area contributed by atoms with Gasteiger partial charge in [0.25, 0.3) is 0 Å². The van der Waals surface area contributed by atoms with E-state index in [2.05, 4.69) is 5.32 Å². The number of nitrogen functional groups attached to an aromatic ring is 1. The molecule has 0 saturated carbocycles. The van der Waals surface area contributed by atoms with Crippen LogP contribution in [0.4, 0.5) is 22.7 Å². The van der Waals surface area contributed by atoms with Crippen LogP contribution in [0.2, 0.25) is 0 Å². The molecule has 0 atom stereocenters. The van der Waals surface area contributed by atoms with E-state index >= 15 is 0 Å². The highest BCUT2D eigenvalue weighted by atomic mass is 16.1. The number of nitrogens with zero attached hydrogens (tertiary/aromatic N) is 1. The SMILES string of the molecule is CC(=O)c1cc(Nc2ccccc2N(C)C)ccc1N. The van der Waals surface area contributed by atoms with E-state index in [1.165, 1.54) is 6.92 Å². The summed E-state index contributed by atoms with van der Waals surface area (Å²) in [6, 6.07) is 13.4. The van der Waals surface area contributed by atoms with Crippen molar-refractivity contribution in [3.05, 3.63) is 48.0 Å². The van der Waals surface area contributed by atoms with Crippen LogP contribution in [0.15, 0.2) is 42.5 Å². The van der Waals surface area contributed by atoms with E-state index in [1.54, 1.807) is 12.1 Å². The summed E-state index contributed by atoms with van der Waals surface area (Å²) in [4.78, 5) is 13.6. The van der Waals surface area contributed by atoms with E-state index in [0.717, 1.165) is 17.1 Å². The minimum absolute atomic E-state index is 0.0351. The molecule has 2 rings (SSSR count). The Bertz CT molecular complexity index is 635. The van der Waals surface area contributed by atoms with Crippen molar-refractivity contribution < 1.29 is 4.79 Å². The number of carbonyl (C=O) groups is 1. The van der Waals surface area contributed by atoms with Crippen LogP contribution in [0.5, 0.6) is 0 Å². The van der Waals surface area contributed by atoms with E-state index < -0.39 is 0 Å². The van der Waals surface area contributed by atoms with Crippen molar-refractivity contribution in [2.45, 2.75) is 6.92 Å². The first-order valence-corrected chi connectivity index (χ1v) is 6.43. The Morgan fingerprint density at radius 1 is 1.15 bits per heavy atom. The third-order valence-corrected chi connectivity index (χ3v) is 3.10. The van der Waals surface area contributed by atoms with Crippen molar-refractivity contribution in [3.63, 3.8) is 0 Å². The number of carbonyl (C=O) groups excluding carboxylic acids is 1. The van der Waals surface area contributed by atoms with Crippen LogP contribution in [-0.2, 0) is 0 Å². The van der Waals surface area contributed by atoms with Crippen LogP contribution in [0, 0.1) is 0 Å². The van der Waals surface area contributed by atoms with Crippen LogP contribution < -0.4 is 16.0 Å². The van der Waals surface area contributed by atoms with E-state index in [1.807, 2.05) is 49.3 Å². The van der Waals surface area contributed by atoms with E-state index in [0.29, 0.717) is 11.3 Å². The molecule has 2 aromatic rings. The van der Waals surface area contributed by atoms with E-state index in [4.69, 9.17) is 5.73 Å². The summed E-state index contributed by atoms with van der Waals surface area (Å²) in [5.74, 6) is -0.0351. The molecular formula is C16H19N3O. The summed E-state index contributed by atoms with van der Waals surface area (Å²) >= 11 is 0. The first-order valence-electron chi connectivity index (χ1n) is 6.43. The topological polar surface area (TPSA) is 58.4 Å². The second-order valence-corrected chi connectivity index (χ2v) is 4.89. The van der Waals surface area contributed by atoms with Gasteiger partial charge < -0.3 is 16.0 Å². The molecule has 104 valence electrons. The average molecular weight is 269 g/mol. The van der Waals surface area contributed by atoms with Gasteiger partial charge in [-0.3, -0.25) is 4.79 Å². The predicted octanol–water partition coefficient (Wildman–Crippen LogP) is 3.28. The molecule has 0 aromatic heterocycles. The largest absolute Gasteiger partial charge is 0.398 e. The van der Waals surface area contributed by atoms with Crippen LogP contribution in [0.1, 0.15) is 17.3 Å². The molecule has 0 aliphatic carbocycles. The monoisotopic (exact) mass is 269 g/mol. The number of hydrogen-bond acceptors (Lipinski definition) is 4. The number of nitrogens with one attached hydrogen (secondary N) is 1. The molecule has 4 nitrogen and oxygen atoms in total. The second kappa shape index (κ2) is 5.65. The molecule has 20 heavy (non-hydrogen) atoms. The van der Waals surface area contributed by atoms with Crippen molar-refractivity contribution in [2.24, 2.45) is 0 Å². The Kier molecular flexibility index (Phi) is 3.94. The van der Waals surface area contributed by atoms with Crippen LogP contribution >= 0.6 is 0 Å². The van der Waals surface area contributed by atoms with Gasteiger partial charge in [0.2, 0.25) is 0 Å². The normalized spacial score (nSPS) is 10.2. The number of nitrogens with two attached hydrogens (primary N) is 1. The Labute approximate surface area is 119 Å². The third kappa shape index (κ3) is 2.91. The molecule has 0 aliphatic heterocycles. The molecule has 0 amide bonds. The van der Waals surface area contributed by atoms with Crippen LogP contribution in [-0.4, -0.2) is 19.9 Å². The Morgan fingerprint density at radius 2 is 1.85 bits per heavy atom. The zero-order valence-electron chi connectivity index (χ0n) is 12.0. The lowest BCUT2D eigenvalue weighted by molar-refractivity contribution is 0.101. The Hall–Kier alpha value is -2.49. The number of ketones is 1. The van der Waals surface area contributed by atoms with Crippen molar-refractivity contribution in [1.29, 1.82) is 0 Å². The fourth-order valence-corrected chi connectivity index (χ4v) is 2.06. The smallest absolute Gasteiger partial charge is 0.161 e. The van der Waals surface area contributed by atoms with Gasteiger partial charge in [-0.15, -0.1) is 0 Å². The van der Waals surface area contributed by atoms with Crippen LogP contribution in [0.25, 0.3) is 0 Å². The van der Waals surface area contributed by atoms with E-state index in [-0.39, 0.29) is 5.78 Å². The zero-order valence-corrected chi connectivity index (χ0v) is 12.0. The average Bonchev–Trinajstić information content (AvgIpc) is 2.41. The lowest BCUT2D eigenvalue weighted by Gasteiger charge is -2.18. The molecule has 0 unspecified atom stereocenters. The van der Waals surface area contributed by atoms with Gasteiger partial charge in [-0.25, -0.2) is 0 Å². The zero-order chi connectivity index (χ0) is 14.7. The van der Waals surface area contributed by atoms with Crippen molar-refractivity contribution in [2.75, 3.05) is 30.0 Å². The number of Topliss-reactive ketones (excluding diaryl/α,β-unsaturated/α-hetero) is 1. The van der Waals surface area contributed by atoms with Crippen molar-refractivity contribution in [1.82, 2.24) is 0 Å². The summed E-state index contributed by atoms with van der Waals surface area (Å²) in [6.07, 6.45) is 0. The Morgan fingerprint density at radius 3 is 2.50 bits per heavy atom. The maximum Gasteiger partial charge on any atom is 0.161 e. The molecule has 0 radical (unpaired) electrons. The van der Waals surface area contributed by atoms with Gasteiger partial charge in [-0.05, 0) is 37.3 Å². The molecule has 2 aromatic carbocycles. The summed E-state index contributed by atoms with van der Waals surface area (Å²) in [5.41, 5.74) is 9.75. The Balaban J connectivity index is 2.36. The highest BCUT2D eigenvalue weighted by Gasteiger charge is 2.08. The molecule has 0 bridgehead atoms. The van der Waals surface area contributed by atoms with Gasteiger partial charge in [0, 0.05) is 31.0 Å². The van der Waals surface area contributed by atoms with Crippen LogP contribution in [0.3, 0.4) is 0 Å². The predicted molar refractivity (Wildman–Crippen MR) is 84.9 cm³/mol. The van der Waals surface area contributed by atoms with Gasteiger partial charge in [0.1, 0.15) is 0 Å². The lowest BCUT2D eigenvalue weighted by atomic mass is 10.1. The number of rotatable bonds is 4. The maximum atomic E-state index is 11.5. The first kappa shape index (κ1) is 13.9. The second-order valence-electron chi connectivity index (χ2n) is 4.89. The van der Waals surface area contributed by atoms with Crippen molar-refractivity contribution >= 4 is 28.5 Å². The fourth-order valence-electron chi connectivity index (χ4n) is 2.06.